The maximum absolute atomic E-state index is 12.6. The standard InChI is InChI=1S/C21H22ClN5O/c1-27(12-8-16-5-9-23-10-6-16)21(28)19-14-20(26-15-25-19)24-11-7-17-3-2-4-18(22)13-17/h2-6,9-10,13-15H,7-8,11-12H2,1H3,(H,24,25,26). The third-order valence-corrected chi connectivity index (χ3v) is 4.56. The van der Waals surface area contributed by atoms with Crippen LogP contribution in [0.4, 0.5) is 5.82 Å². The second-order valence-electron chi connectivity index (χ2n) is 6.43. The number of pyridine rings is 1. The molecule has 0 radical (unpaired) electrons. The van der Waals surface area contributed by atoms with Crippen LogP contribution in [-0.4, -0.2) is 45.9 Å². The summed E-state index contributed by atoms with van der Waals surface area (Å²) in [6.45, 7) is 1.28. The van der Waals surface area contributed by atoms with E-state index in [1.165, 1.54) is 6.33 Å². The predicted octanol–water partition coefficient (Wildman–Crippen LogP) is 3.49. The molecule has 28 heavy (non-hydrogen) atoms. The summed E-state index contributed by atoms with van der Waals surface area (Å²) in [6, 6.07) is 13.3. The van der Waals surface area contributed by atoms with Crippen LogP contribution in [0.2, 0.25) is 5.02 Å². The Balaban J connectivity index is 1.53. The molecule has 0 saturated carbocycles. The van der Waals surface area contributed by atoms with Gasteiger partial charge in [0.05, 0.1) is 0 Å². The molecule has 3 rings (SSSR count). The zero-order valence-electron chi connectivity index (χ0n) is 15.7. The van der Waals surface area contributed by atoms with Gasteiger partial charge in [-0.1, -0.05) is 23.7 Å². The number of carbonyl (C=O) groups is 1. The van der Waals surface area contributed by atoms with Crippen molar-refractivity contribution in [3.8, 4) is 0 Å². The molecule has 0 aliphatic rings. The lowest BCUT2D eigenvalue weighted by molar-refractivity contribution is 0.0790. The second-order valence-corrected chi connectivity index (χ2v) is 6.86. The Labute approximate surface area is 169 Å². The minimum Gasteiger partial charge on any atom is -0.370 e. The highest BCUT2D eigenvalue weighted by molar-refractivity contribution is 6.30. The van der Waals surface area contributed by atoms with Crippen molar-refractivity contribution in [2.75, 3.05) is 25.5 Å². The molecule has 1 N–H and O–H groups in total. The molecule has 0 saturated heterocycles. The van der Waals surface area contributed by atoms with E-state index in [0.29, 0.717) is 24.6 Å². The minimum atomic E-state index is -0.130. The molecule has 1 amide bonds. The molecule has 2 aromatic heterocycles. The van der Waals surface area contributed by atoms with Gasteiger partial charge in [0.2, 0.25) is 0 Å². The van der Waals surface area contributed by atoms with Gasteiger partial charge in [-0.2, -0.15) is 0 Å². The number of anilines is 1. The molecule has 144 valence electrons. The first-order valence-corrected chi connectivity index (χ1v) is 9.44. The number of rotatable bonds is 8. The monoisotopic (exact) mass is 395 g/mol. The molecule has 7 heteroatoms. The summed E-state index contributed by atoms with van der Waals surface area (Å²) in [4.78, 5) is 26.6. The number of nitrogens with one attached hydrogen (secondary N) is 1. The van der Waals surface area contributed by atoms with Gasteiger partial charge in [0.1, 0.15) is 17.8 Å². The summed E-state index contributed by atoms with van der Waals surface area (Å²) in [5, 5.41) is 3.96. The van der Waals surface area contributed by atoms with Crippen molar-refractivity contribution in [2.24, 2.45) is 0 Å². The first-order valence-electron chi connectivity index (χ1n) is 9.06. The van der Waals surface area contributed by atoms with Gasteiger partial charge in [-0.3, -0.25) is 9.78 Å². The molecule has 3 aromatic rings. The van der Waals surface area contributed by atoms with E-state index in [2.05, 4.69) is 20.3 Å². The average Bonchev–Trinajstić information content (AvgIpc) is 2.72. The summed E-state index contributed by atoms with van der Waals surface area (Å²) in [5.74, 6) is 0.497. The molecule has 0 aliphatic heterocycles. The maximum atomic E-state index is 12.6. The molecular formula is C21H22ClN5O. The first kappa shape index (κ1) is 19.8. The number of halogens is 1. The Bertz CT molecular complexity index is 919. The van der Waals surface area contributed by atoms with Crippen molar-refractivity contribution in [3.63, 3.8) is 0 Å². The van der Waals surface area contributed by atoms with Gasteiger partial charge in [-0.05, 0) is 48.2 Å². The molecule has 0 bridgehead atoms. The molecular weight excluding hydrogens is 374 g/mol. The number of amides is 1. The van der Waals surface area contributed by atoms with E-state index in [9.17, 15) is 4.79 Å². The van der Waals surface area contributed by atoms with Gasteiger partial charge in [0.15, 0.2) is 0 Å². The zero-order valence-corrected chi connectivity index (χ0v) is 16.4. The highest BCUT2D eigenvalue weighted by Crippen LogP contribution is 2.12. The predicted molar refractivity (Wildman–Crippen MR) is 111 cm³/mol. The zero-order chi connectivity index (χ0) is 19.8. The fourth-order valence-corrected chi connectivity index (χ4v) is 2.95. The third-order valence-electron chi connectivity index (χ3n) is 4.33. The Morgan fingerprint density at radius 2 is 1.89 bits per heavy atom. The van der Waals surface area contributed by atoms with Crippen LogP contribution in [0.3, 0.4) is 0 Å². The maximum Gasteiger partial charge on any atom is 0.272 e. The highest BCUT2D eigenvalue weighted by Gasteiger charge is 2.14. The van der Waals surface area contributed by atoms with Gasteiger partial charge < -0.3 is 10.2 Å². The summed E-state index contributed by atoms with van der Waals surface area (Å²) in [6.07, 6.45) is 6.48. The molecule has 0 unspecified atom stereocenters. The second kappa shape index (κ2) is 9.80. The van der Waals surface area contributed by atoms with E-state index in [4.69, 9.17) is 11.6 Å². The SMILES string of the molecule is CN(CCc1ccncc1)C(=O)c1cc(NCCc2cccc(Cl)c2)ncn1. The van der Waals surface area contributed by atoms with E-state index in [1.54, 1.807) is 30.4 Å². The lowest BCUT2D eigenvalue weighted by Crippen LogP contribution is -2.29. The lowest BCUT2D eigenvalue weighted by Gasteiger charge is -2.17. The molecule has 0 atom stereocenters. The Kier molecular flexibility index (Phi) is 6.92. The fraction of sp³-hybridized carbons (Fsp3) is 0.238. The minimum absolute atomic E-state index is 0.130. The Morgan fingerprint density at radius 3 is 2.68 bits per heavy atom. The number of likely N-dealkylation sites (N-methyl/N-ethyl adjacent to an activating group) is 1. The van der Waals surface area contributed by atoms with Crippen molar-refractivity contribution < 1.29 is 4.79 Å². The van der Waals surface area contributed by atoms with Crippen molar-refractivity contribution in [3.05, 3.63) is 83.0 Å². The van der Waals surface area contributed by atoms with Crippen molar-refractivity contribution in [2.45, 2.75) is 12.8 Å². The van der Waals surface area contributed by atoms with Gasteiger partial charge in [0.25, 0.3) is 5.91 Å². The molecule has 6 nitrogen and oxygen atoms in total. The number of carbonyl (C=O) groups excluding carboxylic acids is 1. The van der Waals surface area contributed by atoms with E-state index in [1.807, 2.05) is 36.4 Å². The highest BCUT2D eigenvalue weighted by atomic mass is 35.5. The smallest absolute Gasteiger partial charge is 0.272 e. The average molecular weight is 396 g/mol. The van der Waals surface area contributed by atoms with Crippen LogP contribution < -0.4 is 5.32 Å². The van der Waals surface area contributed by atoms with Gasteiger partial charge in [0, 0.05) is 43.6 Å². The third kappa shape index (κ3) is 5.76. The number of hydrogen-bond acceptors (Lipinski definition) is 5. The molecule has 0 aliphatic carbocycles. The first-order chi connectivity index (χ1) is 13.6. The van der Waals surface area contributed by atoms with Crippen LogP contribution in [0.25, 0.3) is 0 Å². The molecule has 0 spiro atoms. The van der Waals surface area contributed by atoms with Gasteiger partial charge in [-0.25, -0.2) is 9.97 Å². The summed E-state index contributed by atoms with van der Waals surface area (Å²) < 4.78 is 0. The van der Waals surface area contributed by atoms with Gasteiger partial charge >= 0.3 is 0 Å². The fourth-order valence-electron chi connectivity index (χ4n) is 2.74. The topological polar surface area (TPSA) is 71.0 Å². The number of nitrogens with zero attached hydrogens (tertiary/aromatic N) is 4. The Hall–Kier alpha value is -2.99. The van der Waals surface area contributed by atoms with E-state index < -0.39 is 0 Å². The van der Waals surface area contributed by atoms with Crippen LogP contribution in [0.5, 0.6) is 0 Å². The van der Waals surface area contributed by atoms with E-state index in [0.717, 1.165) is 29.0 Å². The van der Waals surface area contributed by atoms with Crippen LogP contribution >= 0.6 is 11.6 Å². The van der Waals surface area contributed by atoms with E-state index >= 15 is 0 Å². The quantitative estimate of drug-likeness (QED) is 0.632. The normalized spacial score (nSPS) is 10.5. The van der Waals surface area contributed by atoms with Gasteiger partial charge in [-0.15, -0.1) is 0 Å². The summed E-state index contributed by atoms with van der Waals surface area (Å²) in [7, 11) is 1.78. The van der Waals surface area contributed by atoms with Crippen molar-refractivity contribution >= 4 is 23.3 Å². The van der Waals surface area contributed by atoms with Crippen LogP contribution in [0.15, 0.2) is 61.2 Å². The summed E-state index contributed by atoms with van der Waals surface area (Å²) >= 11 is 6.00. The number of aromatic nitrogens is 3. The van der Waals surface area contributed by atoms with E-state index in [-0.39, 0.29) is 5.91 Å². The molecule has 0 fully saturated rings. The Morgan fingerprint density at radius 1 is 1.07 bits per heavy atom. The van der Waals surface area contributed by atoms with Crippen LogP contribution in [0, 0.1) is 0 Å². The van der Waals surface area contributed by atoms with Crippen molar-refractivity contribution in [1.29, 1.82) is 0 Å². The molecule has 1 aromatic carbocycles. The summed E-state index contributed by atoms with van der Waals surface area (Å²) in [5.41, 5.74) is 2.65. The van der Waals surface area contributed by atoms with Crippen LogP contribution in [0.1, 0.15) is 21.6 Å². The largest absolute Gasteiger partial charge is 0.370 e. The lowest BCUT2D eigenvalue weighted by atomic mass is 10.1. The molecule has 2 heterocycles. The van der Waals surface area contributed by atoms with Crippen molar-refractivity contribution in [1.82, 2.24) is 19.9 Å². The number of hydrogen-bond donors (Lipinski definition) is 1. The number of benzene rings is 1. The van der Waals surface area contributed by atoms with Crippen LogP contribution in [-0.2, 0) is 12.8 Å².